The highest BCUT2D eigenvalue weighted by molar-refractivity contribution is 6.35. The van der Waals surface area contributed by atoms with Crippen LogP contribution in [0.5, 0.6) is 0 Å². The fraction of sp³-hybridized carbons (Fsp3) is 0.222. The van der Waals surface area contributed by atoms with Gasteiger partial charge < -0.3 is 16.0 Å². The molecule has 5 nitrogen and oxygen atoms in total. The topological polar surface area (TPSA) is 70.2 Å². The zero-order valence-electron chi connectivity index (χ0n) is 14.0. The van der Waals surface area contributed by atoms with Crippen molar-refractivity contribution < 1.29 is 9.59 Å². The lowest BCUT2D eigenvalue weighted by molar-refractivity contribution is -0.116. The molecule has 0 bridgehead atoms. The summed E-state index contributed by atoms with van der Waals surface area (Å²) in [6.07, 6.45) is 0.404. The smallest absolute Gasteiger partial charge is 0.243 e. The first kappa shape index (κ1) is 19.1. The summed E-state index contributed by atoms with van der Waals surface area (Å²) in [5, 5.41) is 9.53. The monoisotopic (exact) mass is 379 g/mol. The molecule has 0 atom stereocenters. The number of anilines is 3. The van der Waals surface area contributed by atoms with E-state index in [4.69, 9.17) is 23.2 Å². The maximum absolute atomic E-state index is 12.1. The van der Waals surface area contributed by atoms with Crippen molar-refractivity contribution in [2.24, 2.45) is 0 Å². The van der Waals surface area contributed by atoms with Gasteiger partial charge >= 0.3 is 0 Å². The van der Waals surface area contributed by atoms with Crippen molar-refractivity contribution in [3.05, 3.63) is 52.0 Å². The lowest BCUT2D eigenvalue weighted by atomic mass is 10.1. The van der Waals surface area contributed by atoms with E-state index in [1.165, 1.54) is 0 Å². The Labute approximate surface area is 156 Å². The lowest BCUT2D eigenvalue weighted by Crippen LogP contribution is -2.22. The summed E-state index contributed by atoms with van der Waals surface area (Å²) >= 11 is 11.8. The van der Waals surface area contributed by atoms with E-state index in [-0.39, 0.29) is 18.4 Å². The van der Waals surface area contributed by atoms with Gasteiger partial charge in [0.05, 0.1) is 6.54 Å². The Morgan fingerprint density at radius 3 is 2.24 bits per heavy atom. The summed E-state index contributed by atoms with van der Waals surface area (Å²) < 4.78 is 0. The van der Waals surface area contributed by atoms with Gasteiger partial charge in [0, 0.05) is 33.5 Å². The number of rotatable bonds is 6. The Balaban J connectivity index is 1.99. The summed E-state index contributed by atoms with van der Waals surface area (Å²) in [6, 6.07) is 10.3. The maximum atomic E-state index is 12.1. The summed E-state index contributed by atoms with van der Waals surface area (Å²) in [5.74, 6) is -0.295. The van der Waals surface area contributed by atoms with Crippen LogP contribution in [0.3, 0.4) is 0 Å². The van der Waals surface area contributed by atoms with Crippen molar-refractivity contribution in [3.8, 4) is 0 Å². The van der Waals surface area contributed by atoms with Crippen molar-refractivity contribution >= 4 is 52.1 Å². The van der Waals surface area contributed by atoms with Gasteiger partial charge in [0.1, 0.15) is 0 Å². The molecule has 0 spiro atoms. The molecule has 0 aliphatic rings. The van der Waals surface area contributed by atoms with Gasteiger partial charge in [0.15, 0.2) is 0 Å². The second-order valence-corrected chi connectivity index (χ2v) is 6.31. The molecule has 0 unspecified atom stereocenters. The third-order valence-corrected chi connectivity index (χ3v) is 3.95. The van der Waals surface area contributed by atoms with Gasteiger partial charge in [-0.25, -0.2) is 0 Å². The minimum absolute atomic E-state index is 0.0594. The molecular formula is C18H19Cl2N3O2. The average molecular weight is 380 g/mol. The Morgan fingerprint density at radius 2 is 1.60 bits per heavy atom. The van der Waals surface area contributed by atoms with Crippen LogP contribution in [0.15, 0.2) is 36.4 Å². The minimum atomic E-state index is -0.235. The van der Waals surface area contributed by atoms with Gasteiger partial charge in [-0.15, -0.1) is 0 Å². The summed E-state index contributed by atoms with van der Waals surface area (Å²) in [7, 11) is 0. The van der Waals surface area contributed by atoms with Crippen LogP contribution in [0.2, 0.25) is 10.0 Å². The molecule has 2 amide bonds. The highest BCUT2D eigenvalue weighted by Gasteiger charge is 2.09. The highest BCUT2D eigenvalue weighted by Crippen LogP contribution is 2.24. The second kappa shape index (κ2) is 8.74. The molecule has 2 aromatic carbocycles. The van der Waals surface area contributed by atoms with E-state index in [9.17, 15) is 9.59 Å². The number of hydrogen-bond donors (Lipinski definition) is 3. The average Bonchev–Trinajstić information content (AvgIpc) is 2.54. The normalized spacial score (nSPS) is 10.2. The van der Waals surface area contributed by atoms with Crippen LogP contribution in [0, 0.1) is 6.92 Å². The first-order valence-electron chi connectivity index (χ1n) is 7.78. The SMILES string of the molecule is CCC(=O)Nc1cccc(NCC(=O)Nc2cc(Cl)cc(Cl)c2)c1C. The number of hydrogen-bond acceptors (Lipinski definition) is 3. The van der Waals surface area contributed by atoms with Crippen LogP contribution in [0.25, 0.3) is 0 Å². The van der Waals surface area contributed by atoms with Crippen molar-refractivity contribution in [1.29, 1.82) is 0 Å². The van der Waals surface area contributed by atoms with Crippen LogP contribution in [0.1, 0.15) is 18.9 Å². The van der Waals surface area contributed by atoms with E-state index < -0.39 is 0 Å². The van der Waals surface area contributed by atoms with E-state index >= 15 is 0 Å². The van der Waals surface area contributed by atoms with Gasteiger partial charge in [-0.2, -0.15) is 0 Å². The quantitative estimate of drug-likeness (QED) is 0.680. The molecule has 0 aliphatic heterocycles. The summed E-state index contributed by atoms with van der Waals surface area (Å²) in [4.78, 5) is 23.7. The molecular weight excluding hydrogens is 361 g/mol. The maximum Gasteiger partial charge on any atom is 0.243 e. The first-order chi connectivity index (χ1) is 11.9. The molecule has 2 aromatic rings. The van der Waals surface area contributed by atoms with Crippen molar-refractivity contribution in [3.63, 3.8) is 0 Å². The van der Waals surface area contributed by atoms with Crippen LogP contribution < -0.4 is 16.0 Å². The molecule has 0 aliphatic carbocycles. The van der Waals surface area contributed by atoms with Crippen molar-refractivity contribution in [2.75, 3.05) is 22.5 Å². The fourth-order valence-electron chi connectivity index (χ4n) is 2.21. The predicted octanol–water partition coefficient (Wildman–Crippen LogP) is 4.70. The number of amides is 2. The lowest BCUT2D eigenvalue weighted by Gasteiger charge is -2.14. The first-order valence-corrected chi connectivity index (χ1v) is 8.54. The van der Waals surface area contributed by atoms with E-state index in [0.717, 1.165) is 16.9 Å². The zero-order valence-corrected chi connectivity index (χ0v) is 15.5. The second-order valence-electron chi connectivity index (χ2n) is 5.44. The molecule has 2 rings (SSSR count). The third-order valence-electron chi connectivity index (χ3n) is 3.51. The standard InChI is InChI=1S/C18H19Cl2N3O2/c1-3-17(24)23-16-6-4-5-15(11(16)2)21-10-18(25)22-14-8-12(19)7-13(20)9-14/h4-9,21H,3,10H2,1-2H3,(H,22,25)(H,23,24). The van der Waals surface area contributed by atoms with Crippen molar-refractivity contribution in [1.82, 2.24) is 0 Å². The Bertz CT molecular complexity index is 774. The minimum Gasteiger partial charge on any atom is -0.376 e. The molecule has 0 radical (unpaired) electrons. The van der Waals surface area contributed by atoms with Crippen LogP contribution in [-0.2, 0) is 9.59 Å². The Kier molecular flexibility index (Phi) is 6.67. The van der Waals surface area contributed by atoms with Gasteiger partial charge in [0.2, 0.25) is 11.8 Å². The number of halogens is 2. The largest absolute Gasteiger partial charge is 0.376 e. The van der Waals surface area contributed by atoms with Crippen molar-refractivity contribution in [2.45, 2.75) is 20.3 Å². The van der Waals surface area contributed by atoms with E-state index in [2.05, 4.69) is 16.0 Å². The molecule has 0 aromatic heterocycles. The Hall–Kier alpha value is -2.24. The molecule has 132 valence electrons. The molecule has 0 fully saturated rings. The fourth-order valence-corrected chi connectivity index (χ4v) is 2.73. The number of carbonyl (C=O) groups is 2. The van der Waals surface area contributed by atoms with Crippen LogP contribution in [-0.4, -0.2) is 18.4 Å². The van der Waals surface area contributed by atoms with Crippen LogP contribution >= 0.6 is 23.2 Å². The molecule has 0 saturated carbocycles. The molecule has 7 heteroatoms. The van der Waals surface area contributed by atoms with Gasteiger partial charge in [0.25, 0.3) is 0 Å². The Morgan fingerprint density at radius 1 is 0.960 bits per heavy atom. The molecule has 25 heavy (non-hydrogen) atoms. The summed E-state index contributed by atoms with van der Waals surface area (Å²) in [5.41, 5.74) is 2.89. The molecule has 0 saturated heterocycles. The van der Waals surface area contributed by atoms with Gasteiger partial charge in [-0.1, -0.05) is 36.2 Å². The number of nitrogens with one attached hydrogen (secondary N) is 3. The summed E-state index contributed by atoms with van der Waals surface area (Å²) in [6.45, 7) is 3.73. The number of benzene rings is 2. The predicted molar refractivity (Wildman–Crippen MR) is 104 cm³/mol. The van der Waals surface area contributed by atoms with Crippen LogP contribution in [0.4, 0.5) is 17.1 Å². The number of carbonyl (C=O) groups excluding carboxylic acids is 2. The molecule has 0 heterocycles. The highest BCUT2D eigenvalue weighted by atomic mass is 35.5. The zero-order chi connectivity index (χ0) is 18.4. The van der Waals surface area contributed by atoms with E-state index in [0.29, 0.717) is 22.2 Å². The van der Waals surface area contributed by atoms with E-state index in [1.54, 1.807) is 25.1 Å². The van der Waals surface area contributed by atoms with Gasteiger partial charge in [-0.05, 0) is 42.8 Å². The van der Waals surface area contributed by atoms with Gasteiger partial charge in [-0.3, -0.25) is 9.59 Å². The molecule has 3 N–H and O–H groups in total. The van der Waals surface area contributed by atoms with E-state index in [1.807, 2.05) is 25.1 Å². The third kappa shape index (κ3) is 5.66.